The van der Waals surface area contributed by atoms with Gasteiger partial charge in [0.2, 0.25) is 5.91 Å². The molecule has 2 aliphatic rings. The van der Waals surface area contributed by atoms with E-state index in [1.807, 2.05) is 44.2 Å². The standard InChI is InChI=1S/C23H25N3O4S/c1-15-11-17(16(2)26(15)18-7-6-8-19(13-18)30-3)12-20-22(28)25(23(29)31-20)14-21(27)24-9-4-5-10-24/h6-8,11-13H,4-5,9-10,14H2,1-3H3/b20-12-. The molecule has 4 rings (SSSR count). The molecular formula is C23H25N3O4S. The highest BCUT2D eigenvalue weighted by Crippen LogP contribution is 2.34. The van der Waals surface area contributed by atoms with Crippen molar-refractivity contribution in [2.45, 2.75) is 26.7 Å². The van der Waals surface area contributed by atoms with Crippen molar-refractivity contribution in [1.29, 1.82) is 0 Å². The van der Waals surface area contributed by atoms with Crippen LogP contribution >= 0.6 is 11.8 Å². The summed E-state index contributed by atoms with van der Waals surface area (Å²) in [5.41, 5.74) is 3.76. The third-order valence-electron chi connectivity index (χ3n) is 5.69. The number of carbonyl (C=O) groups excluding carboxylic acids is 3. The summed E-state index contributed by atoms with van der Waals surface area (Å²) in [4.78, 5) is 40.8. The normalized spacial score (nSPS) is 17.8. The Kier molecular flexibility index (Phi) is 5.91. The van der Waals surface area contributed by atoms with Gasteiger partial charge in [0, 0.05) is 36.2 Å². The quantitative estimate of drug-likeness (QED) is 0.664. The molecule has 2 aromatic rings. The minimum absolute atomic E-state index is 0.169. The smallest absolute Gasteiger partial charge is 0.294 e. The summed E-state index contributed by atoms with van der Waals surface area (Å²) in [6, 6.07) is 9.73. The number of aromatic nitrogens is 1. The van der Waals surface area contributed by atoms with Crippen LogP contribution < -0.4 is 4.74 Å². The van der Waals surface area contributed by atoms with Crippen molar-refractivity contribution >= 4 is 34.9 Å². The number of hydrogen-bond donors (Lipinski definition) is 0. The molecule has 0 radical (unpaired) electrons. The number of amides is 3. The van der Waals surface area contributed by atoms with Gasteiger partial charge in [0.15, 0.2) is 0 Å². The molecule has 0 unspecified atom stereocenters. The van der Waals surface area contributed by atoms with Gasteiger partial charge in [-0.05, 0) is 68.3 Å². The summed E-state index contributed by atoms with van der Waals surface area (Å²) in [5.74, 6) is 0.182. The van der Waals surface area contributed by atoms with E-state index in [-0.39, 0.29) is 12.5 Å². The Morgan fingerprint density at radius 3 is 2.61 bits per heavy atom. The van der Waals surface area contributed by atoms with Crippen molar-refractivity contribution in [1.82, 2.24) is 14.4 Å². The van der Waals surface area contributed by atoms with Gasteiger partial charge >= 0.3 is 0 Å². The SMILES string of the molecule is COc1cccc(-n2c(C)cc(/C=C3\SC(=O)N(CC(=O)N4CCCC4)C3=O)c2C)c1. The van der Waals surface area contributed by atoms with Crippen LogP contribution in [0.3, 0.4) is 0 Å². The number of hydrogen-bond acceptors (Lipinski definition) is 5. The summed E-state index contributed by atoms with van der Waals surface area (Å²) < 4.78 is 7.41. The van der Waals surface area contributed by atoms with Crippen LogP contribution in [0.1, 0.15) is 29.8 Å². The van der Waals surface area contributed by atoms with Gasteiger partial charge in [-0.15, -0.1) is 0 Å². The second kappa shape index (κ2) is 8.63. The maximum atomic E-state index is 12.8. The fourth-order valence-corrected chi connectivity index (χ4v) is 4.89. The first kappa shape index (κ1) is 21.2. The van der Waals surface area contributed by atoms with Crippen LogP contribution in [0.5, 0.6) is 5.75 Å². The van der Waals surface area contributed by atoms with Gasteiger partial charge in [-0.1, -0.05) is 6.07 Å². The monoisotopic (exact) mass is 439 g/mol. The number of thioether (sulfide) groups is 1. The fourth-order valence-electron chi connectivity index (χ4n) is 4.06. The molecule has 0 bridgehead atoms. The highest BCUT2D eigenvalue weighted by Gasteiger charge is 2.37. The van der Waals surface area contributed by atoms with Crippen LogP contribution in [0.15, 0.2) is 35.2 Å². The summed E-state index contributed by atoms with van der Waals surface area (Å²) in [6.07, 6.45) is 3.68. The van der Waals surface area contributed by atoms with Gasteiger partial charge in [0.05, 0.1) is 12.0 Å². The Balaban J connectivity index is 1.58. The minimum atomic E-state index is -0.409. The second-order valence-corrected chi connectivity index (χ2v) is 8.71. The van der Waals surface area contributed by atoms with Gasteiger partial charge in [0.1, 0.15) is 12.3 Å². The van der Waals surface area contributed by atoms with Gasteiger partial charge in [0.25, 0.3) is 11.1 Å². The molecule has 31 heavy (non-hydrogen) atoms. The molecule has 1 aromatic carbocycles. The van der Waals surface area contributed by atoms with Crippen molar-refractivity contribution in [3.05, 3.63) is 52.2 Å². The van der Waals surface area contributed by atoms with E-state index in [9.17, 15) is 14.4 Å². The van der Waals surface area contributed by atoms with E-state index in [2.05, 4.69) is 4.57 Å². The van der Waals surface area contributed by atoms with Crippen molar-refractivity contribution < 1.29 is 19.1 Å². The lowest BCUT2D eigenvalue weighted by Crippen LogP contribution is -2.40. The number of imide groups is 1. The first-order valence-corrected chi connectivity index (χ1v) is 11.1. The molecule has 0 spiro atoms. The largest absolute Gasteiger partial charge is 0.497 e. The predicted molar refractivity (Wildman–Crippen MR) is 120 cm³/mol. The molecule has 0 atom stereocenters. The lowest BCUT2D eigenvalue weighted by atomic mass is 10.2. The van der Waals surface area contributed by atoms with Gasteiger partial charge in [-0.25, -0.2) is 0 Å². The lowest BCUT2D eigenvalue weighted by molar-refractivity contribution is -0.135. The molecule has 0 N–H and O–H groups in total. The number of nitrogens with zero attached hydrogens (tertiary/aromatic N) is 3. The Hall–Kier alpha value is -3.00. The average Bonchev–Trinajstić information content (AvgIpc) is 3.45. The summed E-state index contributed by atoms with van der Waals surface area (Å²) >= 11 is 0.885. The van der Waals surface area contributed by atoms with E-state index in [0.717, 1.165) is 57.9 Å². The molecule has 2 saturated heterocycles. The Morgan fingerprint density at radius 2 is 1.90 bits per heavy atom. The number of methoxy groups -OCH3 is 1. The molecule has 3 heterocycles. The molecule has 162 valence electrons. The number of ether oxygens (including phenoxy) is 1. The summed E-state index contributed by atoms with van der Waals surface area (Å²) in [5, 5.41) is -0.398. The number of benzene rings is 1. The number of aryl methyl sites for hydroxylation is 1. The Morgan fingerprint density at radius 1 is 1.16 bits per heavy atom. The molecule has 1 aromatic heterocycles. The van der Waals surface area contributed by atoms with Crippen molar-refractivity contribution in [2.75, 3.05) is 26.7 Å². The van der Waals surface area contributed by atoms with Gasteiger partial charge < -0.3 is 14.2 Å². The molecule has 2 fully saturated rings. The number of likely N-dealkylation sites (tertiary alicyclic amines) is 1. The van der Waals surface area contributed by atoms with Crippen LogP contribution in [0, 0.1) is 13.8 Å². The highest BCUT2D eigenvalue weighted by molar-refractivity contribution is 8.18. The summed E-state index contributed by atoms with van der Waals surface area (Å²) in [7, 11) is 1.63. The average molecular weight is 440 g/mol. The van der Waals surface area contributed by atoms with E-state index in [4.69, 9.17) is 4.74 Å². The number of carbonyl (C=O) groups is 3. The summed E-state index contributed by atoms with van der Waals surface area (Å²) in [6.45, 7) is 5.16. The maximum Gasteiger partial charge on any atom is 0.294 e. The first-order chi connectivity index (χ1) is 14.9. The van der Waals surface area contributed by atoms with E-state index < -0.39 is 11.1 Å². The third-order valence-corrected chi connectivity index (χ3v) is 6.60. The van der Waals surface area contributed by atoms with Crippen molar-refractivity contribution in [2.24, 2.45) is 0 Å². The van der Waals surface area contributed by atoms with Gasteiger partial charge in [-0.3, -0.25) is 19.3 Å². The zero-order valence-corrected chi connectivity index (χ0v) is 18.7. The van der Waals surface area contributed by atoms with Crippen LogP contribution in [0.25, 0.3) is 11.8 Å². The van der Waals surface area contributed by atoms with Crippen molar-refractivity contribution in [3.8, 4) is 11.4 Å². The van der Waals surface area contributed by atoms with E-state index in [1.165, 1.54) is 0 Å². The molecule has 7 nitrogen and oxygen atoms in total. The minimum Gasteiger partial charge on any atom is -0.497 e. The van der Waals surface area contributed by atoms with E-state index in [0.29, 0.717) is 18.0 Å². The maximum absolute atomic E-state index is 12.8. The topological polar surface area (TPSA) is 71.8 Å². The van der Waals surface area contributed by atoms with Gasteiger partial charge in [-0.2, -0.15) is 0 Å². The van der Waals surface area contributed by atoms with E-state index in [1.54, 1.807) is 18.1 Å². The zero-order chi connectivity index (χ0) is 22.1. The lowest BCUT2D eigenvalue weighted by Gasteiger charge is -2.18. The molecule has 8 heteroatoms. The molecule has 3 amide bonds. The van der Waals surface area contributed by atoms with E-state index >= 15 is 0 Å². The van der Waals surface area contributed by atoms with Crippen LogP contribution in [0.2, 0.25) is 0 Å². The zero-order valence-electron chi connectivity index (χ0n) is 17.9. The molecule has 2 aliphatic heterocycles. The van der Waals surface area contributed by atoms with Crippen LogP contribution in [-0.4, -0.2) is 58.2 Å². The Labute approximate surface area is 185 Å². The second-order valence-electron chi connectivity index (χ2n) is 7.72. The number of rotatable bonds is 5. The van der Waals surface area contributed by atoms with Crippen LogP contribution in [-0.2, 0) is 9.59 Å². The van der Waals surface area contributed by atoms with Crippen LogP contribution in [0.4, 0.5) is 4.79 Å². The molecule has 0 aliphatic carbocycles. The highest BCUT2D eigenvalue weighted by atomic mass is 32.2. The molecular weight excluding hydrogens is 414 g/mol. The molecule has 0 saturated carbocycles. The Bertz CT molecular complexity index is 1080. The van der Waals surface area contributed by atoms with Crippen molar-refractivity contribution in [3.63, 3.8) is 0 Å². The first-order valence-electron chi connectivity index (χ1n) is 10.3. The third kappa shape index (κ3) is 4.12. The fraction of sp³-hybridized carbons (Fsp3) is 0.348. The predicted octanol–water partition coefficient (Wildman–Crippen LogP) is 3.76.